The van der Waals surface area contributed by atoms with Crippen molar-refractivity contribution in [3.63, 3.8) is 0 Å². The summed E-state index contributed by atoms with van der Waals surface area (Å²) in [5.74, 6) is -0.229. The zero-order valence-electron chi connectivity index (χ0n) is 12.3. The number of hydrogen-bond acceptors (Lipinski definition) is 3. The summed E-state index contributed by atoms with van der Waals surface area (Å²) in [6.07, 6.45) is 2.96. The Morgan fingerprint density at radius 1 is 1.40 bits per heavy atom. The van der Waals surface area contributed by atoms with Gasteiger partial charge in [-0.05, 0) is 38.7 Å². The minimum absolute atomic E-state index is 0.229. The van der Waals surface area contributed by atoms with Gasteiger partial charge in [0.05, 0.1) is 11.5 Å². The number of carbonyl (C=O) groups is 1. The first-order valence-electron chi connectivity index (χ1n) is 6.96. The van der Waals surface area contributed by atoms with Crippen LogP contribution in [0.25, 0.3) is 0 Å². The number of esters is 1. The molecule has 0 amide bonds. The van der Waals surface area contributed by atoms with Crippen molar-refractivity contribution in [2.75, 3.05) is 0 Å². The maximum atomic E-state index is 12.1. The number of benzene rings is 1. The monoisotopic (exact) mass is 276 g/mol. The van der Waals surface area contributed by atoms with Crippen molar-refractivity contribution in [2.24, 2.45) is 5.41 Å². The van der Waals surface area contributed by atoms with Gasteiger partial charge in [-0.1, -0.05) is 36.4 Å². The molecule has 0 fully saturated rings. The molecular weight excluding hydrogens is 252 g/mol. The number of carbonyl (C=O) groups excluding carboxylic acids is 1. The normalized spacial score (nSPS) is 12.8. The van der Waals surface area contributed by atoms with Crippen molar-refractivity contribution in [3.8, 4) is 0 Å². The van der Waals surface area contributed by atoms with Crippen molar-refractivity contribution < 1.29 is 14.6 Å². The number of aliphatic hydroxyl groups is 1. The van der Waals surface area contributed by atoms with Gasteiger partial charge in [0.2, 0.25) is 0 Å². The second-order valence-corrected chi connectivity index (χ2v) is 5.66. The first kappa shape index (κ1) is 16.4. The molecule has 3 heteroatoms. The van der Waals surface area contributed by atoms with E-state index in [0.29, 0.717) is 19.3 Å². The molecule has 1 rings (SSSR count). The van der Waals surface area contributed by atoms with Crippen molar-refractivity contribution in [1.29, 1.82) is 0 Å². The molecule has 0 radical (unpaired) electrons. The zero-order chi connectivity index (χ0) is 15.0. The summed E-state index contributed by atoms with van der Waals surface area (Å²) in [5, 5.41) is 9.68. The van der Waals surface area contributed by atoms with E-state index in [4.69, 9.17) is 4.74 Å². The van der Waals surface area contributed by atoms with Crippen molar-refractivity contribution in [2.45, 2.75) is 45.8 Å². The molecule has 20 heavy (non-hydrogen) atoms. The molecule has 1 aromatic rings. The van der Waals surface area contributed by atoms with Crippen LogP contribution in [0.15, 0.2) is 43.0 Å². The van der Waals surface area contributed by atoms with Crippen molar-refractivity contribution in [3.05, 3.63) is 48.6 Å². The second kappa shape index (κ2) is 7.85. The lowest BCUT2D eigenvalue weighted by Gasteiger charge is -2.23. The van der Waals surface area contributed by atoms with Gasteiger partial charge in [-0.3, -0.25) is 4.79 Å². The molecule has 1 N–H and O–H groups in total. The zero-order valence-corrected chi connectivity index (χ0v) is 12.3. The summed E-state index contributed by atoms with van der Waals surface area (Å²) >= 11 is 0. The van der Waals surface area contributed by atoms with Crippen LogP contribution in [-0.2, 0) is 16.1 Å². The largest absolute Gasteiger partial charge is 0.460 e. The van der Waals surface area contributed by atoms with Crippen LogP contribution in [0.2, 0.25) is 0 Å². The molecule has 0 aromatic heterocycles. The molecule has 1 aromatic carbocycles. The second-order valence-electron chi connectivity index (χ2n) is 5.66. The number of rotatable bonds is 8. The molecule has 0 saturated heterocycles. The van der Waals surface area contributed by atoms with Crippen molar-refractivity contribution >= 4 is 5.97 Å². The van der Waals surface area contributed by atoms with E-state index < -0.39 is 11.5 Å². The third-order valence-corrected chi connectivity index (χ3v) is 3.31. The molecule has 110 valence electrons. The van der Waals surface area contributed by atoms with Gasteiger partial charge >= 0.3 is 5.97 Å². The lowest BCUT2D eigenvalue weighted by Crippen LogP contribution is -2.28. The van der Waals surface area contributed by atoms with Gasteiger partial charge in [-0.2, -0.15) is 0 Å². The standard InChI is InChI=1S/C17H24O3/c1-4-8-15(18)11-12-17(2,3)16(19)20-13-14-9-6-5-7-10-14/h4-7,9-10,15,18H,1,8,11-13H2,2-3H3. The summed E-state index contributed by atoms with van der Waals surface area (Å²) in [5.41, 5.74) is 0.389. The quantitative estimate of drug-likeness (QED) is 0.584. The van der Waals surface area contributed by atoms with Gasteiger partial charge < -0.3 is 9.84 Å². The molecule has 0 bridgehead atoms. The van der Waals surface area contributed by atoms with Crippen LogP contribution < -0.4 is 0 Å². The highest BCUT2D eigenvalue weighted by molar-refractivity contribution is 5.75. The van der Waals surface area contributed by atoms with Crippen LogP contribution in [0.5, 0.6) is 0 Å². The first-order valence-corrected chi connectivity index (χ1v) is 6.96. The number of hydrogen-bond donors (Lipinski definition) is 1. The number of ether oxygens (including phenoxy) is 1. The van der Waals surface area contributed by atoms with Gasteiger partial charge in [0.15, 0.2) is 0 Å². The molecule has 0 aliphatic rings. The minimum atomic E-state index is -0.586. The van der Waals surface area contributed by atoms with Crippen molar-refractivity contribution in [1.82, 2.24) is 0 Å². The van der Waals surface area contributed by atoms with Crippen LogP contribution in [0.3, 0.4) is 0 Å². The summed E-state index contributed by atoms with van der Waals surface area (Å²) < 4.78 is 5.34. The third kappa shape index (κ3) is 5.57. The average Bonchev–Trinajstić information content (AvgIpc) is 2.44. The molecule has 3 nitrogen and oxygen atoms in total. The molecule has 0 saturated carbocycles. The van der Waals surface area contributed by atoms with E-state index in [0.717, 1.165) is 5.56 Å². The SMILES string of the molecule is C=CCC(O)CCC(C)(C)C(=O)OCc1ccccc1. The van der Waals surface area contributed by atoms with E-state index in [2.05, 4.69) is 6.58 Å². The third-order valence-electron chi connectivity index (χ3n) is 3.31. The maximum Gasteiger partial charge on any atom is 0.311 e. The Balaban J connectivity index is 2.42. The fraction of sp³-hybridized carbons (Fsp3) is 0.471. The van der Waals surface area contributed by atoms with E-state index in [9.17, 15) is 9.90 Å². The van der Waals surface area contributed by atoms with E-state index in [1.165, 1.54) is 0 Å². The van der Waals surface area contributed by atoms with E-state index in [-0.39, 0.29) is 12.6 Å². The Kier molecular flexibility index (Phi) is 6.46. The highest BCUT2D eigenvalue weighted by atomic mass is 16.5. The van der Waals surface area contributed by atoms with Gasteiger partial charge in [-0.15, -0.1) is 6.58 Å². The topological polar surface area (TPSA) is 46.5 Å². The Hall–Kier alpha value is -1.61. The minimum Gasteiger partial charge on any atom is -0.460 e. The van der Waals surface area contributed by atoms with Crippen LogP contribution >= 0.6 is 0 Å². The Morgan fingerprint density at radius 2 is 2.05 bits per heavy atom. The van der Waals surface area contributed by atoms with Crippen LogP contribution in [0, 0.1) is 5.41 Å². The predicted octanol–water partition coefficient (Wildman–Crippen LogP) is 3.47. The molecule has 0 spiro atoms. The van der Waals surface area contributed by atoms with Gasteiger partial charge in [-0.25, -0.2) is 0 Å². The molecule has 0 aliphatic heterocycles. The Bertz CT molecular complexity index is 423. The molecule has 0 heterocycles. The van der Waals surface area contributed by atoms with E-state index in [1.54, 1.807) is 6.08 Å². The highest BCUT2D eigenvalue weighted by Gasteiger charge is 2.29. The number of aliphatic hydroxyl groups excluding tert-OH is 1. The fourth-order valence-electron chi connectivity index (χ4n) is 1.86. The Labute approximate surface area is 121 Å². The summed E-state index contributed by atoms with van der Waals surface area (Å²) in [6.45, 7) is 7.58. The van der Waals surface area contributed by atoms with Gasteiger partial charge in [0.1, 0.15) is 6.61 Å². The molecular formula is C17H24O3. The maximum absolute atomic E-state index is 12.1. The molecule has 1 unspecified atom stereocenters. The van der Waals surface area contributed by atoms with Crippen LogP contribution in [0.4, 0.5) is 0 Å². The van der Waals surface area contributed by atoms with Crippen LogP contribution in [-0.4, -0.2) is 17.2 Å². The first-order chi connectivity index (χ1) is 9.45. The van der Waals surface area contributed by atoms with Gasteiger partial charge in [0, 0.05) is 0 Å². The lowest BCUT2D eigenvalue weighted by atomic mass is 9.86. The summed E-state index contributed by atoms with van der Waals surface area (Å²) in [7, 11) is 0. The molecule has 1 atom stereocenters. The predicted molar refractivity (Wildman–Crippen MR) is 80.1 cm³/mol. The van der Waals surface area contributed by atoms with Crippen LogP contribution in [0.1, 0.15) is 38.7 Å². The Morgan fingerprint density at radius 3 is 2.65 bits per heavy atom. The van der Waals surface area contributed by atoms with E-state index >= 15 is 0 Å². The molecule has 0 aliphatic carbocycles. The van der Waals surface area contributed by atoms with Gasteiger partial charge in [0.25, 0.3) is 0 Å². The lowest BCUT2D eigenvalue weighted by molar-refractivity contribution is -0.156. The average molecular weight is 276 g/mol. The van der Waals surface area contributed by atoms with E-state index in [1.807, 2.05) is 44.2 Å². The summed E-state index contributed by atoms with van der Waals surface area (Å²) in [4.78, 5) is 12.1. The highest BCUT2D eigenvalue weighted by Crippen LogP contribution is 2.26. The summed E-state index contributed by atoms with van der Waals surface area (Å²) in [6, 6.07) is 9.61. The fourth-order valence-corrected chi connectivity index (χ4v) is 1.86. The smallest absolute Gasteiger partial charge is 0.311 e.